The highest BCUT2D eigenvalue weighted by atomic mass is 19.4. The number of nitrogens with zero attached hydrogens (tertiary/aromatic N) is 2. The van der Waals surface area contributed by atoms with Crippen LogP contribution in [0.5, 0.6) is 0 Å². The third-order valence-electron chi connectivity index (χ3n) is 6.73. The molecule has 37 heavy (non-hydrogen) atoms. The van der Waals surface area contributed by atoms with E-state index in [4.69, 9.17) is 4.42 Å². The normalized spacial score (nSPS) is 14.6. The molecule has 9 heteroatoms. The van der Waals surface area contributed by atoms with E-state index in [1.54, 1.807) is 13.8 Å². The molecule has 0 saturated carbocycles. The predicted octanol–water partition coefficient (Wildman–Crippen LogP) is 6.29. The minimum atomic E-state index is -4.34. The minimum Gasteiger partial charge on any atom is -0.436 e. The molecule has 1 fully saturated rings. The fourth-order valence-corrected chi connectivity index (χ4v) is 4.69. The number of aromatic nitrogens is 1. The lowest BCUT2D eigenvalue weighted by molar-refractivity contribution is -0.137. The van der Waals surface area contributed by atoms with Crippen molar-refractivity contribution >= 4 is 17.5 Å². The van der Waals surface area contributed by atoms with Gasteiger partial charge in [-0.15, -0.1) is 0 Å². The maximum absolute atomic E-state index is 12.7. The number of hydrogen-bond donors (Lipinski definition) is 1. The monoisotopic (exact) mass is 513 g/mol. The van der Waals surface area contributed by atoms with E-state index < -0.39 is 11.7 Å². The van der Waals surface area contributed by atoms with Gasteiger partial charge in [0.2, 0.25) is 11.7 Å². The number of halogens is 3. The van der Waals surface area contributed by atoms with Crippen molar-refractivity contribution in [2.24, 2.45) is 0 Å². The standard InChI is InChI=1S/C28H30F3N3O3/c1-18-26(37-19(2)32-18)27(36)33-24-12-8-21(9-13-24)22-14-16-34(17-15-22)25(35)5-3-4-20-6-10-23(11-7-20)28(29,30)31/h6-13,22H,3-5,14-17H2,1-2H3,(H,33,36). The molecule has 1 aliphatic rings. The van der Waals surface area contributed by atoms with Crippen LogP contribution in [-0.2, 0) is 17.4 Å². The van der Waals surface area contributed by atoms with E-state index in [2.05, 4.69) is 10.3 Å². The third-order valence-corrected chi connectivity index (χ3v) is 6.73. The number of anilines is 1. The Labute approximate surface area is 213 Å². The largest absolute Gasteiger partial charge is 0.436 e. The van der Waals surface area contributed by atoms with Crippen LogP contribution in [-0.4, -0.2) is 34.8 Å². The summed E-state index contributed by atoms with van der Waals surface area (Å²) in [5.41, 5.74) is 2.52. The van der Waals surface area contributed by atoms with Crippen molar-refractivity contribution in [2.45, 2.75) is 58.0 Å². The average Bonchev–Trinajstić information content (AvgIpc) is 3.22. The number of aryl methyl sites for hydroxylation is 3. The Morgan fingerprint density at radius 3 is 2.24 bits per heavy atom. The Morgan fingerprint density at radius 1 is 1.03 bits per heavy atom. The number of nitrogens with one attached hydrogen (secondary N) is 1. The van der Waals surface area contributed by atoms with Crippen molar-refractivity contribution < 1.29 is 27.2 Å². The van der Waals surface area contributed by atoms with Gasteiger partial charge in [-0.05, 0) is 73.9 Å². The molecule has 0 spiro atoms. The number of amides is 2. The Kier molecular flexibility index (Phi) is 8.00. The van der Waals surface area contributed by atoms with Crippen molar-refractivity contribution in [2.75, 3.05) is 18.4 Å². The molecule has 0 bridgehead atoms. The van der Waals surface area contributed by atoms with E-state index in [0.29, 0.717) is 55.5 Å². The van der Waals surface area contributed by atoms with Crippen LogP contribution >= 0.6 is 0 Å². The molecule has 0 unspecified atom stereocenters. The van der Waals surface area contributed by atoms with Crippen molar-refractivity contribution in [3.63, 3.8) is 0 Å². The van der Waals surface area contributed by atoms with Gasteiger partial charge in [-0.25, -0.2) is 4.98 Å². The number of benzene rings is 2. The topological polar surface area (TPSA) is 75.4 Å². The molecule has 0 radical (unpaired) electrons. The molecular weight excluding hydrogens is 483 g/mol. The van der Waals surface area contributed by atoms with Gasteiger partial charge in [-0.2, -0.15) is 13.2 Å². The van der Waals surface area contributed by atoms with Crippen molar-refractivity contribution in [1.29, 1.82) is 0 Å². The number of alkyl halides is 3. The zero-order chi connectivity index (χ0) is 26.6. The molecule has 1 N–H and O–H groups in total. The van der Waals surface area contributed by atoms with Crippen molar-refractivity contribution in [3.8, 4) is 0 Å². The number of likely N-dealkylation sites (tertiary alicyclic amines) is 1. The summed E-state index contributed by atoms with van der Waals surface area (Å²) in [4.78, 5) is 31.0. The van der Waals surface area contributed by atoms with Gasteiger partial charge in [0.1, 0.15) is 0 Å². The summed E-state index contributed by atoms with van der Waals surface area (Å²) in [6, 6.07) is 12.9. The molecule has 2 aromatic carbocycles. The summed E-state index contributed by atoms with van der Waals surface area (Å²) < 4.78 is 43.4. The van der Waals surface area contributed by atoms with Crippen LogP contribution < -0.4 is 5.32 Å². The van der Waals surface area contributed by atoms with Crippen LogP contribution in [0.15, 0.2) is 52.9 Å². The minimum absolute atomic E-state index is 0.0846. The third kappa shape index (κ3) is 6.78. The van der Waals surface area contributed by atoms with Crippen LogP contribution in [0.25, 0.3) is 0 Å². The van der Waals surface area contributed by atoms with Gasteiger partial charge in [0.05, 0.1) is 11.3 Å². The molecule has 4 rings (SSSR count). The summed E-state index contributed by atoms with van der Waals surface area (Å²) in [5.74, 6) is 0.734. The summed E-state index contributed by atoms with van der Waals surface area (Å²) in [6.45, 7) is 4.77. The van der Waals surface area contributed by atoms with E-state index in [1.165, 1.54) is 17.7 Å². The zero-order valence-electron chi connectivity index (χ0n) is 20.9. The lowest BCUT2D eigenvalue weighted by atomic mass is 9.89. The first-order valence-electron chi connectivity index (χ1n) is 12.4. The zero-order valence-corrected chi connectivity index (χ0v) is 20.9. The predicted molar refractivity (Wildman–Crippen MR) is 133 cm³/mol. The van der Waals surface area contributed by atoms with E-state index in [-0.39, 0.29) is 17.6 Å². The molecule has 1 aliphatic heterocycles. The van der Waals surface area contributed by atoms with E-state index in [9.17, 15) is 22.8 Å². The summed E-state index contributed by atoms with van der Waals surface area (Å²) >= 11 is 0. The molecule has 2 heterocycles. The quantitative estimate of drug-likeness (QED) is 0.403. The molecule has 196 valence electrons. The van der Waals surface area contributed by atoms with Gasteiger partial charge in [0.25, 0.3) is 5.91 Å². The van der Waals surface area contributed by atoms with Crippen molar-refractivity contribution in [3.05, 3.63) is 82.6 Å². The smallest absolute Gasteiger partial charge is 0.416 e. The maximum atomic E-state index is 12.7. The molecule has 2 amide bonds. The van der Waals surface area contributed by atoms with Gasteiger partial charge in [0.15, 0.2) is 5.89 Å². The highest BCUT2D eigenvalue weighted by Gasteiger charge is 2.30. The molecule has 0 atom stereocenters. The molecule has 6 nitrogen and oxygen atoms in total. The van der Waals surface area contributed by atoms with Gasteiger partial charge < -0.3 is 14.6 Å². The van der Waals surface area contributed by atoms with Crippen LogP contribution in [0.1, 0.15) is 70.4 Å². The molecule has 3 aromatic rings. The summed E-state index contributed by atoms with van der Waals surface area (Å²) in [6.07, 6.45) is -1.08. The molecular formula is C28H30F3N3O3. The maximum Gasteiger partial charge on any atom is 0.416 e. The van der Waals surface area contributed by atoms with Gasteiger partial charge in [-0.3, -0.25) is 9.59 Å². The van der Waals surface area contributed by atoms with Gasteiger partial charge in [0, 0.05) is 32.1 Å². The first-order chi connectivity index (χ1) is 17.6. The number of carbonyl (C=O) groups is 2. The first-order valence-corrected chi connectivity index (χ1v) is 12.4. The molecule has 0 aliphatic carbocycles. The van der Waals surface area contributed by atoms with Crippen LogP contribution in [0.2, 0.25) is 0 Å². The second-order valence-electron chi connectivity index (χ2n) is 9.43. The van der Waals surface area contributed by atoms with Crippen LogP contribution in [0.4, 0.5) is 18.9 Å². The highest BCUT2D eigenvalue weighted by Crippen LogP contribution is 2.30. The molecule has 1 saturated heterocycles. The van der Waals surface area contributed by atoms with Crippen molar-refractivity contribution in [1.82, 2.24) is 9.88 Å². The lowest BCUT2D eigenvalue weighted by Gasteiger charge is -2.32. The first kappa shape index (κ1) is 26.4. The summed E-state index contributed by atoms with van der Waals surface area (Å²) in [7, 11) is 0. The van der Waals surface area contributed by atoms with E-state index in [1.807, 2.05) is 29.2 Å². The Bertz CT molecular complexity index is 1230. The van der Waals surface area contributed by atoms with Crippen LogP contribution in [0, 0.1) is 13.8 Å². The number of carbonyl (C=O) groups excluding carboxylic acids is 2. The Morgan fingerprint density at radius 2 is 1.68 bits per heavy atom. The van der Waals surface area contributed by atoms with E-state index >= 15 is 0 Å². The summed E-state index contributed by atoms with van der Waals surface area (Å²) in [5, 5.41) is 2.83. The number of oxazole rings is 1. The van der Waals surface area contributed by atoms with Gasteiger partial charge >= 0.3 is 6.18 Å². The fourth-order valence-electron chi connectivity index (χ4n) is 4.69. The second-order valence-corrected chi connectivity index (χ2v) is 9.43. The SMILES string of the molecule is Cc1nc(C)c(C(=O)Nc2ccc(C3CCN(C(=O)CCCc4ccc(C(F)(F)F)cc4)CC3)cc2)o1. The van der Waals surface area contributed by atoms with Gasteiger partial charge in [-0.1, -0.05) is 24.3 Å². The Balaban J connectivity index is 1.21. The number of rotatable bonds is 7. The molecule has 1 aromatic heterocycles. The second kappa shape index (κ2) is 11.2. The lowest BCUT2D eigenvalue weighted by Crippen LogP contribution is -2.37. The highest BCUT2D eigenvalue weighted by molar-refractivity contribution is 6.02. The number of hydrogen-bond acceptors (Lipinski definition) is 4. The fraction of sp³-hybridized carbons (Fsp3) is 0.393. The number of piperidine rings is 1. The van der Waals surface area contributed by atoms with E-state index in [0.717, 1.165) is 30.5 Å². The van der Waals surface area contributed by atoms with Crippen LogP contribution in [0.3, 0.4) is 0 Å². The average molecular weight is 514 g/mol. The Hall–Kier alpha value is -3.62.